The van der Waals surface area contributed by atoms with E-state index in [1.807, 2.05) is 0 Å². The minimum Gasteiger partial charge on any atom is -1.00 e. The van der Waals surface area contributed by atoms with E-state index in [-0.39, 0.29) is 74.3 Å². The number of aliphatic carboxylic acids is 2. The van der Waals surface area contributed by atoms with Crippen LogP contribution in [0.1, 0.15) is 93.2 Å². The largest absolute Gasteiger partial charge is 1.00 e. The van der Waals surface area contributed by atoms with E-state index in [1.165, 1.54) is 51.4 Å². The summed E-state index contributed by atoms with van der Waals surface area (Å²) >= 11 is 0. The van der Waals surface area contributed by atoms with E-state index < -0.39 is 24.4 Å². The maximum absolute atomic E-state index is 11.6. The first-order valence-electron chi connectivity index (χ1n) is 9.21. The maximum atomic E-state index is 11.6. The number of carbonyl (C=O) groups excluding carboxylic acids is 1. The van der Waals surface area contributed by atoms with Crippen molar-refractivity contribution >= 4 is 17.8 Å². The van der Waals surface area contributed by atoms with Gasteiger partial charge in [-0.3, -0.25) is 9.59 Å². The Morgan fingerprint density at radius 2 is 1.23 bits per heavy atom. The number of carboxylic acids is 2. The van der Waals surface area contributed by atoms with Crippen LogP contribution in [0, 0.1) is 0 Å². The molecule has 0 radical (unpaired) electrons. The van der Waals surface area contributed by atoms with Crippen LogP contribution in [0.3, 0.4) is 0 Å². The van der Waals surface area contributed by atoms with Crippen LogP contribution in [0.2, 0.25) is 0 Å². The molecule has 0 bridgehead atoms. The van der Waals surface area contributed by atoms with Gasteiger partial charge in [-0.1, -0.05) is 71.1 Å². The van der Waals surface area contributed by atoms with Gasteiger partial charge in [-0.15, -0.1) is 0 Å². The van der Waals surface area contributed by atoms with Crippen molar-refractivity contribution in [1.29, 1.82) is 0 Å². The van der Waals surface area contributed by atoms with Gasteiger partial charge in [0.25, 0.3) is 0 Å². The van der Waals surface area contributed by atoms with Gasteiger partial charge in [0.1, 0.15) is 6.04 Å². The van der Waals surface area contributed by atoms with Crippen LogP contribution in [0.25, 0.3) is 0 Å². The summed E-state index contributed by atoms with van der Waals surface area (Å²) < 4.78 is 0. The second-order valence-electron chi connectivity index (χ2n) is 6.34. The molecule has 6 nitrogen and oxygen atoms in total. The van der Waals surface area contributed by atoms with Gasteiger partial charge in [-0.25, -0.2) is 4.79 Å². The smallest absolute Gasteiger partial charge is 1.00 e. The van der Waals surface area contributed by atoms with E-state index in [0.29, 0.717) is 6.42 Å². The maximum Gasteiger partial charge on any atom is 1.00 e. The molecule has 0 saturated carbocycles. The zero-order valence-corrected chi connectivity index (χ0v) is 20.9. The third-order valence-electron chi connectivity index (χ3n) is 4.02. The van der Waals surface area contributed by atoms with Crippen LogP contribution < -0.4 is 64.4 Å². The summed E-state index contributed by atoms with van der Waals surface area (Å²) in [5.41, 5.74) is 0. The number of amides is 1. The van der Waals surface area contributed by atoms with Crippen LogP contribution >= 0.6 is 0 Å². The number of nitrogens with one attached hydrogen (secondary N) is 1. The van der Waals surface area contributed by atoms with Gasteiger partial charge in [0, 0.05) is 6.42 Å². The third-order valence-corrected chi connectivity index (χ3v) is 4.02. The van der Waals surface area contributed by atoms with Crippen molar-refractivity contribution in [2.75, 3.05) is 0 Å². The Labute approximate surface area is 204 Å². The molecule has 1 unspecified atom stereocenters. The van der Waals surface area contributed by atoms with E-state index in [4.69, 9.17) is 10.2 Å². The fourth-order valence-corrected chi connectivity index (χ4v) is 2.59. The molecule has 0 aliphatic carbocycles. The molecule has 0 aliphatic heterocycles. The summed E-state index contributed by atoms with van der Waals surface area (Å²) in [4.78, 5) is 33.0. The summed E-state index contributed by atoms with van der Waals surface area (Å²) in [6.45, 7) is 2.22. The quantitative estimate of drug-likeness (QED) is 0.208. The van der Waals surface area contributed by atoms with E-state index in [9.17, 15) is 14.4 Å². The van der Waals surface area contributed by atoms with Crippen LogP contribution in [-0.4, -0.2) is 34.1 Å². The Bertz CT molecular complexity index is 391. The molecule has 0 saturated heterocycles. The number of carboxylic acid groups (broad SMARTS) is 2. The predicted octanol–water partition coefficient (Wildman–Crippen LogP) is -2.04. The number of unbranched alkanes of at least 4 members (excludes halogenated alkanes) is 10. The van der Waals surface area contributed by atoms with Gasteiger partial charge >= 0.3 is 71.1 Å². The fraction of sp³-hybridized carbons (Fsp3) is 0.833. The molecule has 8 heteroatoms. The molecule has 0 fully saturated rings. The van der Waals surface area contributed by atoms with Crippen molar-refractivity contribution in [2.45, 2.75) is 96.4 Å². The number of hydrogen-bond donors (Lipinski definition) is 3. The number of carbonyl (C=O) groups is 3. The van der Waals surface area contributed by atoms with Crippen molar-refractivity contribution in [2.24, 2.45) is 0 Å². The van der Waals surface area contributed by atoms with Gasteiger partial charge in [0.15, 0.2) is 0 Å². The average Bonchev–Trinajstić information content (AvgIpc) is 2.51. The van der Waals surface area contributed by atoms with Crippen molar-refractivity contribution in [1.82, 2.24) is 5.32 Å². The molecule has 0 heterocycles. The van der Waals surface area contributed by atoms with Crippen LogP contribution in [0.5, 0.6) is 0 Å². The monoisotopic (exact) mass is 391 g/mol. The van der Waals surface area contributed by atoms with E-state index in [1.54, 1.807) is 0 Å². The molecular weight excluding hydrogens is 356 g/mol. The van der Waals surface area contributed by atoms with E-state index >= 15 is 0 Å². The second-order valence-corrected chi connectivity index (χ2v) is 6.34. The van der Waals surface area contributed by atoms with Crippen LogP contribution in [0.4, 0.5) is 0 Å². The Hall–Kier alpha value is 0.410. The van der Waals surface area contributed by atoms with Gasteiger partial charge in [-0.2, -0.15) is 0 Å². The molecule has 1 atom stereocenters. The SMILES string of the molecule is CCCCCCCCCCCCCC(=O)NC(CC(=O)O)C(=O)O.[H-].[H-].[Na+].[Na+]. The predicted molar refractivity (Wildman–Crippen MR) is 95.1 cm³/mol. The zero-order chi connectivity index (χ0) is 18.2. The van der Waals surface area contributed by atoms with Gasteiger partial charge in [0.05, 0.1) is 6.42 Å². The first kappa shape index (κ1) is 31.1. The topological polar surface area (TPSA) is 104 Å². The fourth-order valence-electron chi connectivity index (χ4n) is 2.59. The summed E-state index contributed by atoms with van der Waals surface area (Å²) in [5, 5.41) is 19.7. The molecule has 0 rings (SSSR count). The molecule has 1 amide bonds. The van der Waals surface area contributed by atoms with E-state index in [0.717, 1.165) is 12.8 Å². The molecule has 3 N–H and O–H groups in total. The van der Waals surface area contributed by atoms with E-state index in [2.05, 4.69) is 12.2 Å². The Morgan fingerprint density at radius 1 is 0.808 bits per heavy atom. The van der Waals surface area contributed by atoms with Gasteiger partial charge in [-0.05, 0) is 6.42 Å². The summed E-state index contributed by atoms with van der Waals surface area (Å²) in [7, 11) is 0. The molecule has 0 spiro atoms. The van der Waals surface area contributed by atoms with Gasteiger partial charge < -0.3 is 18.4 Å². The van der Waals surface area contributed by atoms with Crippen molar-refractivity contribution in [3.8, 4) is 0 Å². The first-order chi connectivity index (χ1) is 11.5. The van der Waals surface area contributed by atoms with Crippen molar-refractivity contribution in [3.05, 3.63) is 0 Å². The normalized spacial score (nSPS) is 11.0. The molecule has 144 valence electrons. The standard InChI is InChI=1S/C18H33NO5.2Na.2H/c1-2-3-4-5-6-7-8-9-10-11-12-13-16(20)19-15(18(23)24)14-17(21)22;;;;/h15H,2-14H2,1H3,(H,19,20)(H,21,22)(H,23,24);;;;/q;2*+1;2*-1. The third kappa shape index (κ3) is 20.7. The Balaban J connectivity index is -0.000000441. The average molecular weight is 391 g/mol. The molecule has 26 heavy (non-hydrogen) atoms. The molecule has 0 aliphatic rings. The summed E-state index contributed by atoms with van der Waals surface area (Å²) in [6, 6.07) is -1.34. The first-order valence-corrected chi connectivity index (χ1v) is 9.21. The number of hydrogen-bond acceptors (Lipinski definition) is 3. The Kier molecular flexibility index (Phi) is 26.0. The van der Waals surface area contributed by atoms with Crippen molar-refractivity contribution in [3.63, 3.8) is 0 Å². The Morgan fingerprint density at radius 3 is 1.62 bits per heavy atom. The summed E-state index contributed by atoms with van der Waals surface area (Å²) in [6.07, 6.45) is 12.7. The minimum atomic E-state index is -1.34. The van der Waals surface area contributed by atoms with Crippen molar-refractivity contribution < 1.29 is 86.6 Å². The zero-order valence-electron chi connectivity index (χ0n) is 18.9. The molecular formula is C18H35NNa2O5. The minimum absolute atomic E-state index is 0. The second kappa shape index (κ2) is 21.7. The molecule has 0 aromatic rings. The van der Waals surface area contributed by atoms with Gasteiger partial charge in [0.2, 0.25) is 5.91 Å². The molecule has 0 aromatic heterocycles. The van der Waals surface area contributed by atoms with Crippen LogP contribution in [-0.2, 0) is 14.4 Å². The molecule has 0 aromatic carbocycles. The summed E-state index contributed by atoms with van der Waals surface area (Å²) in [5.74, 6) is -2.94. The number of rotatable bonds is 16. The van der Waals surface area contributed by atoms with Crippen LogP contribution in [0.15, 0.2) is 0 Å².